The van der Waals surface area contributed by atoms with Crippen LogP contribution in [0.2, 0.25) is 0 Å². The van der Waals surface area contributed by atoms with Crippen LogP contribution >= 0.6 is 0 Å². The van der Waals surface area contributed by atoms with Crippen molar-refractivity contribution in [2.45, 2.75) is 70.7 Å². The number of hydrogen-bond acceptors (Lipinski definition) is 8. The largest absolute Gasteiger partial charge is 0.467 e. The number of rotatable bonds is 7. The second-order valence-electron chi connectivity index (χ2n) is 10.4. The van der Waals surface area contributed by atoms with Gasteiger partial charge in [0.05, 0.1) is 7.11 Å². The predicted octanol–water partition coefficient (Wildman–Crippen LogP) is 5.53. The fraction of sp³-hybridized carbons (Fsp3) is 0.414. The van der Waals surface area contributed by atoms with Crippen molar-refractivity contribution >= 4 is 18.0 Å². The van der Waals surface area contributed by atoms with Gasteiger partial charge in [-0.2, -0.15) is 0 Å². The Kier molecular flexibility index (Phi) is 8.96. The molecule has 0 aliphatic heterocycles. The van der Waals surface area contributed by atoms with Gasteiger partial charge in [0.15, 0.2) is 0 Å². The minimum atomic E-state index is -0.559. The molecule has 206 valence electrons. The molecule has 10 heteroatoms. The Labute approximate surface area is 228 Å². The molecule has 0 bridgehead atoms. The summed E-state index contributed by atoms with van der Waals surface area (Å²) < 4.78 is 16.1. The number of nitrogens with one attached hydrogen (secondary N) is 1. The highest BCUT2D eigenvalue weighted by atomic mass is 16.6. The lowest BCUT2D eigenvalue weighted by Crippen LogP contribution is -2.47. The monoisotopic (exact) mass is 533 g/mol. The highest BCUT2D eigenvalue weighted by Crippen LogP contribution is 2.29. The number of nitrogens with zero attached hydrogens (tertiary/aromatic N) is 4. The summed E-state index contributed by atoms with van der Waals surface area (Å²) in [6.45, 7) is 5.67. The maximum absolute atomic E-state index is 13.4. The van der Waals surface area contributed by atoms with Crippen LogP contribution in [0, 0.1) is 0 Å². The topological polar surface area (TPSA) is 116 Å². The van der Waals surface area contributed by atoms with Crippen molar-refractivity contribution in [1.29, 1.82) is 0 Å². The van der Waals surface area contributed by atoms with Gasteiger partial charge in [0.1, 0.15) is 18.0 Å². The molecule has 1 aliphatic carbocycles. The van der Waals surface area contributed by atoms with Crippen LogP contribution in [-0.4, -0.2) is 51.9 Å². The molecule has 0 radical (unpaired) electrons. The third-order valence-electron chi connectivity index (χ3n) is 6.32. The first kappa shape index (κ1) is 27.8. The molecule has 2 heterocycles. The molecule has 1 aliphatic rings. The van der Waals surface area contributed by atoms with Crippen LogP contribution in [0.1, 0.15) is 52.0 Å². The number of methoxy groups -OCH3 is 1. The maximum atomic E-state index is 13.4. The highest BCUT2D eigenvalue weighted by molar-refractivity contribution is 5.87. The van der Waals surface area contributed by atoms with Gasteiger partial charge in [0.2, 0.25) is 0 Å². The van der Waals surface area contributed by atoms with Crippen LogP contribution in [0.4, 0.5) is 15.4 Å². The van der Waals surface area contributed by atoms with E-state index in [1.165, 1.54) is 7.11 Å². The van der Waals surface area contributed by atoms with Crippen molar-refractivity contribution in [3.63, 3.8) is 0 Å². The molecule has 2 aromatic heterocycles. The van der Waals surface area contributed by atoms with Crippen LogP contribution < -0.4 is 15.0 Å². The van der Waals surface area contributed by atoms with Gasteiger partial charge < -0.3 is 19.5 Å². The lowest BCUT2D eigenvalue weighted by molar-refractivity contribution is 0.0490. The Hall–Kier alpha value is -4.21. The minimum Gasteiger partial charge on any atom is -0.467 e. The average Bonchev–Trinajstić information content (AvgIpc) is 2.93. The van der Waals surface area contributed by atoms with Crippen molar-refractivity contribution in [1.82, 2.24) is 20.3 Å². The number of ether oxygens (including phenoxy) is 3. The first-order valence-electron chi connectivity index (χ1n) is 13.0. The van der Waals surface area contributed by atoms with Gasteiger partial charge in [-0.05, 0) is 64.2 Å². The summed E-state index contributed by atoms with van der Waals surface area (Å²) in [5.74, 6) is 0.495. The molecule has 1 N–H and O–H groups in total. The fourth-order valence-corrected chi connectivity index (χ4v) is 4.44. The van der Waals surface area contributed by atoms with Crippen molar-refractivity contribution in [2.75, 3.05) is 12.0 Å². The summed E-state index contributed by atoms with van der Waals surface area (Å²) >= 11 is 0. The lowest BCUT2D eigenvalue weighted by Gasteiger charge is -2.36. The zero-order chi connectivity index (χ0) is 27.8. The Morgan fingerprint density at radius 2 is 1.59 bits per heavy atom. The molecule has 3 aromatic rings. The molecule has 0 saturated heterocycles. The molecular formula is C29H35N5O5. The molecule has 1 saturated carbocycles. The number of alkyl carbamates (subject to hydrolysis) is 1. The van der Waals surface area contributed by atoms with E-state index in [-0.39, 0.29) is 24.7 Å². The Morgan fingerprint density at radius 3 is 2.18 bits per heavy atom. The van der Waals surface area contributed by atoms with Gasteiger partial charge in [0, 0.05) is 41.8 Å². The number of anilines is 1. The van der Waals surface area contributed by atoms with Crippen LogP contribution in [0.5, 0.6) is 6.01 Å². The zero-order valence-electron chi connectivity index (χ0n) is 22.8. The quantitative estimate of drug-likeness (QED) is 0.422. The van der Waals surface area contributed by atoms with Gasteiger partial charge in [-0.3, -0.25) is 4.90 Å². The van der Waals surface area contributed by atoms with Gasteiger partial charge >= 0.3 is 18.2 Å². The average molecular weight is 534 g/mol. The minimum absolute atomic E-state index is 0.0244. The number of carbonyl (C=O) groups excluding carboxylic acids is 2. The Morgan fingerprint density at radius 1 is 0.923 bits per heavy atom. The fourth-order valence-electron chi connectivity index (χ4n) is 4.44. The first-order chi connectivity index (χ1) is 18.7. The van der Waals surface area contributed by atoms with Crippen molar-refractivity contribution in [3.8, 4) is 17.1 Å². The molecule has 4 rings (SSSR count). The predicted molar refractivity (Wildman–Crippen MR) is 146 cm³/mol. The molecule has 2 amide bonds. The number of amides is 2. The van der Waals surface area contributed by atoms with Gasteiger partial charge in [-0.25, -0.2) is 24.5 Å². The zero-order valence-corrected chi connectivity index (χ0v) is 22.8. The number of hydrogen-bond donors (Lipinski definition) is 1. The second kappa shape index (κ2) is 12.6. The number of carbonyl (C=O) groups is 2. The highest BCUT2D eigenvalue weighted by Gasteiger charge is 2.33. The molecule has 0 atom stereocenters. The van der Waals surface area contributed by atoms with Crippen molar-refractivity contribution in [2.24, 2.45) is 0 Å². The molecule has 1 fully saturated rings. The van der Waals surface area contributed by atoms with E-state index in [2.05, 4.69) is 20.3 Å². The summed E-state index contributed by atoms with van der Waals surface area (Å²) in [6, 6.07) is 13.4. The van der Waals surface area contributed by atoms with E-state index in [0.717, 1.165) is 16.7 Å². The van der Waals surface area contributed by atoms with E-state index in [1.807, 2.05) is 57.2 Å². The van der Waals surface area contributed by atoms with E-state index in [1.54, 1.807) is 29.6 Å². The van der Waals surface area contributed by atoms with Gasteiger partial charge in [0.25, 0.3) is 0 Å². The summed E-state index contributed by atoms with van der Waals surface area (Å²) in [7, 11) is 1.51. The smallest absolute Gasteiger partial charge is 0.416 e. The number of benzene rings is 1. The van der Waals surface area contributed by atoms with Crippen LogP contribution in [0.25, 0.3) is 11.1 Å². The molecule has 0 spiro atoms. The third kappa shape index (κ3) is 7.89. The van der Waals surface area contributed by atoms with Crippen molar-refractivity contribution in [3.05, 3.63) is 66.6 Å². The maximum Gasteiger partial charge on any atom is 0.416 e. The summed E-state index contributed by atoms with van der Waals surface area (Å²) in [5, 5.41) is 2.95. The third-order valence-corrected chi connectivity index (χ3v) is 6.32. The number of pyridine rings is 1. The summed E-state index contributed by atoms with van der Waals surface area (Å²) in [4.78, 5) is 40.2. The van der Waals surface area contributed by atoms with Crippen LogP contribution in [0.3, 0.4) is 0 Å². The second-order valence-corrected chi connectivity index (χ2v) is 10.4. The molecule has 10 nitrogen and oxygen atoms in total. The Balaban J connectivity index is 1.47. The van der Waals surface area contributed by atoms with E-state index < -0.39 is 17.8 Å². The number of aromatic nitrogens is 3. The molecular weight excluding hydrogens is 498 g/mol. The molecule has 1 aromatic carbocycles. The van der Waals surface area contributed by atoms with E-state index in [0.29, 0.717) is 31.5 Å². The van der Waals surface area contributed by atoms with Gasteiger partial charge in [-0.1, -0.05) is 30.3 Å². The molecule has 39 heavy (non-hydrogen) atoms. The van der Waals surface area contributed by atoms with Crippen LogP contribution in [-0.2, 0) is 16.1 Å². The van der Waals surface area contributed by atoms with Crippen LogP contribution in [0.15, 0.2) is 61.1 Å². The summed E-state index contributed by atoms with van der Waals surface area (Å²) in [5.41, 5.74) is 1.93. The van der Waals surface area contributed by atoms with E-state index in [9.17, 15) is 9.59 Å². The summed E-state index contributed by atoms with van der Waals surface area (Å²) in [6.07, 6.45) is 6.88. The van der Waals surface area contributed by atoms with Crippen molar-refractivity contribution < 1.29 is 23.8 Å². The lowest BCUT2D eigenvalue weighted by atomic mass is 9.90. The normalized spacial score (nSPS) is 17.1. The molecule has 0 unspecified atom stereocenters. The van der Waals surface area contributed by atoms with E-state index >= 15 is 0 Å². The van der Waals surface area contributed by atoms with Gasteiger partial charge in [-0.15, -0.1) is 0 Å². The first-order valence-corrected chi connectivity index (χ1v) is 13.0. The standard InChI is InChI=1S/C29H35N5O5/c1-29(2,3)39-27(35)33-23-11-13-24(14-12-23)34(28(36)38-19-20-8-6-5-7-9-20)25-15-10-21(16-30-25)22-17-31-26(37-4)32-18-22/h5-10,15-18,23-24H,11-14,19H2,1-4H3,(H,33,35). The SMILES string of the molecule is COc1ncc(-c2ccc(N(C(=O)OCc3ccccc3)C3CCC(NC(=O)OC(C)(C)C)CC3)nc2)cn1. The van der Waals surface area contributed by atoms with E-state index in [4.69, 9.17) is 14.2 Å². The Bertz CT molecular complexity index is 1220.